The van der Waals surface area contributed by atoms with Crippen molar-refractivity contribution in [3.8, 4) is 5.75 Å². The molecule has 0 saturated carbocycles. The number of ether oxygens (including phenoxy) is 1. The lowest BCUT2D eigenvalue weighted by atomic mass is 10.0. The summed E-state index contributed by atoms with van der Waals surface area (Å²) in [6.07, 6.45) is 2.23. The molecule has 1 N–H and O–H groups in total. The molecule has 0 amide bonds. The van der Waals surface area contributed by atoms with Crippen molar-refractivity contribution in [2.24, 2.45) is 0 Å². The van der Waals surface area contributed by atoms with Gasteiger partial charge in [-0.15, -0.1) is 0 Å². The molecule has 2 aromatic rings. The minimum atomic E-state index is 0.284. The largest absolute Gasteiger partial charge is 0.496 e. The van der Waals surface area contributed by atoms with Gasteiger partial charge in [0.25, 0.3) is 0 Å². The molecular weight excluding hydrogens is 258 g/mol. The highest BCUT2D eigenvalue weighted by Crippen LogP contribution is 2.24. The first-order chi connectivity index (χ1) is 10.2. The van der Waals surface area contributed by atoms with E-state index in [0.717, 1.165) is 18.6 Å². The van der Waals surface area contributed by atoms with E-state index >= 15 is 0 Å². The number of benzene rings is 2. The number of aryl methyl sites for hydroxylation is 1. The molecule has 2 aromatic carbocycles. The van der Waals surface area contributed by atoms with E-state index in [0.29, 0.717) is 6.04 Å². The summed E-state index contributed by atoms with van der Waals surface area (Å²) >= 11 is 0. The van der Waals surface area contributed by atoms with E-state index in [1.54, 1.807) is 7.11 Å². The van der Waals surface area contributed by atoms with Gasteiger partial charge in [-0.25, -0.2) is 0 Å². The highest BCUT2D eigenvalue weighted by atomic mass is 16.5. The van der Waals surface area contributed by atoms with Crippen LogP contribution in [0.1, 0.15) is 37.4 Å². The molecule has 0 aliphatic carbocycles. The average molecular weight is 283 g/mol. The third-order valence-corrected chi connectivity index (χ3v) is 3.85. The van der Waals surface area contributed by atoms with Gasteiger partial charge in [0.15, 0.2) is 0 Å². The zero-order valence-corrected chi connectivity index (χ0v) is 13.2. The Hall–Kier alpha value is -1.80. The number of hydrogen-bond acceptors (Lipinski definition) is 2. The molecule has 0 saturated heterocycles. The summed E-state index contributed by atoms with van der Waals surface area (Å²) in [5, 5.41) is 3.66. The van der Waals surface area contributed by atoms with Crippen LogP contribution in [0.15, 0.2) is 54.6 Å². The molecule has 21 heavy (non-hydrogen) atoms. The molecule has 2 nitrogen and oxygen atoms in total. The van der Waals surface area contributed by atoms with Crippen LogP contribution in [-0.2, 0) is 6.42 Å². The topological polar surface area (TPSA) is 21.3 Å². The van der Waals surface area contributed by atoms with Crippen molar-refractivity contribution < 1.29 is 4.74 Å². The molecule has 2 atom stereocenters. The molecule has 0 spiro atoms. The predicted octanol–water partition coefficient (Wildman–Crippen LogP) is 4.37. The third-order valence-electron chi connectivity index (χ3n) is 3.85. The molecule has 112 valence electrons. The molecular formula is C19H25NO. The Balaban J connectivity index is 1.88. The number of methoxy groups -OCH3 is 1. The van der Waals surface area contributed by atoms with Gasteiger partial charge in [-0.3, -0.25) is 0 Å². The average Bonchev–Trinajstić information content (AvgIpc) is 2.53. The van der Waals surface area contributed by atoms with Gasteiger partial charge in [-0.05, 0) is 38.3 Å². The van der Waals surface area contributed by atoms with E-state index in [4.69, 9.17) is 4.74 Å². The van der Waals surface area contributed by atoms with Crippen molar-refractivity contribution in [1.82, 2.24) is 5.32 Å². The molecule has 0 aromatic heterocycles. The van der Waals surface area contributed by atoms with E-state index in [2.05, 4.69) is 61.6 Å². The van der Waals surface area contributed by atoms with Gasteiger partial charge in [-0.1, -0.05) is 48.5 Å². The fourth-order valence-electron chi connectivity index (χ4n) is 2.65. The van der Waals surface area contributed by atoms with Crippen LogP contribution in [0.2, 0.25) is 0 Å². The predicted molar refractivity (Wildman–Crippen MR) is 88.8 cm³/mol. The lowest BCUT2D eigenvalue weighted by molar-refractivity contribution is 0.392. The summed E-state index contributed by atoms with van der Waals surface area (Å²) in [5.74, 6) is 0.952. The zero-order valence-electron chi connectivity index (χ0n) is 13.2. The van der Waals surface area contributed by atoms with Crippen molar-refractivity contribution in [1.29, 1.82) is 0 Å². The molecule has 0 aliphatic heterocycles. The molecule has 0 aliphatic rings. The Morgan fingerprint density at radius 2 is 1.62 bits per heavy atom. The monoisotopic (exact) mass is 283 g/mol. The summed E-state index contributed by atoms with van der Waals surface area (Å²) in [7, 11) is 1.73. The van der Waals surface area contributed by atoms with Crippen LogP contribution in [0.5, 0.6) is 5.75 Å². The van der Waals surface area contributed by atoms with Gasteiger partial charge in [0.2, 0.25) is 0 Å². The van der Waals surface area contributed by atoms with Crippen LogP contribution in [0.3, 0.4) is 0 Å². The Labute approximate surface area is 128 Å². The fourth-order valence-corrected chi connectivity index (χ4v) is 2.65. The van der Waals surface area contributed by atoms with Crippen LogP contribution in [0.4, 0.5) is 0 Å². The highest BCUT2D eigenvalue weighted by molar-refractivity contribution is 5.35. The molecule has 2 rings (SSSR count). The molecule has 2 heteroatoms. The fraction of sp³-hybridized carbons (Fsp3) is 0.368. The summed E-state index contributed by atoms with van der Waals surface area (Å²) < 4.78 is 5.44. The first kappa shape index (κ1) is 15.6. The summed E-state index contributed by atoms with van der Waals surface area (Å²) in [6.45, 7) is 4.44. The van der Waals surface area contributed by atoms with E-state index in [-0.39, 0.29) is 6.04 Å². The third kappa shape index (κ3) is 4.61. The number of rotatable bonds is 7. The SMILES string of the molecule is COc1ccccc1[C@@H](C)NC(C)CCc1ccccc1. The molecule has 0 fully saturated rings. The van der Waals surface area contributed by atoms with Crippen LogP contribution < -0.4 is 10.1 Å². The van der Waals surface area contributed by atoms with E-state index in [9.17, 15) is 0 Å². The Kier molecular flexibility index (Phi) is 5.82. The maximum Gasteiger partial charge on any atom is 0.123 e. The Morgan fingerprint density at radius 3 is 2.33 bits per heavy atom. The second-order valence-corrected chi connectivity index (χ2v) is 5.56. The minimum absolute atomic E-state index is 0.284. The lowest BCUT2D eigenvalue weighted by Gasteiger charge is -2.22. The summed E-state index contributed by atoms with van der Waals surface area (Å²) in [6, 6.07) is 19.6. The van der Waals surface area contributed by atoms with Crippen LogP contribution in [0, 0.1) is 0 Å². The van der Waals surface area contributed by atoms with Crippen molar-refractivity contribution in [2.75, 3.05) is 7.11 Å². The molecule has 0 heterocycles. The molecule has 1 unspecified atom stereocenters. The van der Waals surface area contributed by atoms with Gasteiger partial charge >= 0.3 is 0 Å². The van der Waals surface area contributed by atoms with Crippen molar-refractivity contribution in [3.63, 3.8) is 0 Å². The number of hydrogen-bond donors (Lipinski definition) is 1. The quantitative estimate of drug-likeness (QED) is 0.815. The summed E-state index contributed by atoms with van der Waals surface area (Å²) in [5.41, 5.74) is 2.61. The van der Waals surface area contributed by atoms with E-state index in [1.165, 1.54) is 11.1 Å². The number of nitrogens with one attached hydrogen (secondary N) is 1. The van der Waals surface area contributed by atoms with E-state index < -0.39 is 0 Å². The van der Waals surface area contributed by atoms with Crippen LogP contribution >= 0.6 is 0 Å². The maximum atomic E-state index is 5.44. The van der Waals surface area contributed by atoms with Gasteiger partial charge in [0, 0.05) is 17.6 Å². The smallest absolute Gasteiger partial charge is 0.123 e. The van der Waals surface area contributed by atoms with Gasteiger partial charge in [0.05, 0.1) is 7.11 Å². The number of para-hydroxylation sites is 1. The highest BCUT2D eigenvalue weighted by Gasteiger charge is 2.13. The Bertz CT molecular complexity index is 538. The first-order valence-corrected chi connectivity index (χ1v) is 7.63. The van der Waals surface area contributed by atoms with Crippen LogP contribution in [0.25, 0.3) is 0 Å². The standard InChI is InChI=1S/C19H25NO/c1-15(13-14-17-9-5-4-6-10-17)20-16(2)18-11-7-8-12-19(18)21-3/h4-12,15-16,20H,13-14H2,1-3H3/t15?,16-/m1/s1. The van der Waals surface area contributed by atoms with Gasteiger partial charge in [0.1, 0.15) is 5.75 Å². The normalized spacial score (nSPS) is 13.7. The zero-order chi connectivity index (χ0) is 15.1. The van der Waals surface area contributed by atoms with E-state index in [1.807, 2.05) is 12.1 Å². The molecule has 0 bridgehead atoms. The summed E-state index contributed by atoms with van der Waals surface area (Å²) in [4.78, 5) is 0. The maximum absolute atomic E-state index is 5.44. The van der Waals surface area contributed by atoms with Crippen molar-refractivity contribution in [3.05, 3.63) is 65.7 Å². The van der Waals surface area contributed by atoms with Crippen molar-refractivity contribution >= 4 is 0 Å². The lowest BCUT2D eigenvalue weighted by Crippen LogP contribution is -2.29. The molecule has 0 radical (unpaired) electrons. The Morgan fingerprint density at radius 1 is 0.952 bits per heavy atom. The minimum Gasteiger partial charge on any atom is -0.496 e. The van der Waals surface area contributed by atoms with Gasteiger partial charge in [-0.2, -0.15) is 0 Å². The first-order valence-electron chi connectivity index (χ1n) is 7.63. The van der Waals surface area contributed by atoms with Gasteiger partial charge < -0.3 is 10.1 Å². The van der Waals surface area contributed by atoms with Crippen LogP contribution in [-0.4, -0.2) is 13.2 Å². The van der Waals surface area contributed by atoms with Crippen molar-refractivity contribution in [2.45, 2.75) is 38.8 Å². The second-order valence-electron chi connectivity index (χ2n) is 5.56. The second kappa shape index (κ2) is 7.84.